The van der Waals surface area contributed by atoms with E-state index in [9.17, 15) is 0 Å². The molecule has 0 fully saturated rings. The minimum absolute atomic E-state index is 0.116. The highest BCUT2D eigenvalue weighted by Crippen LogP contribution is 2.48. The van der Waals surface area contributed by atoms with Gasteiger partial charge in [0.15, 0.2) is 5.82 Å². The molecule has 16 rings (SSSR count). The van der Waals surface area contributed by atoms with Gasteiger partial charge in [0, 0.05) is 50.8 Å². The Labute approximate surface area is 559 Å². The second kappa shape index (κ2) is 23.9. The number of rotatable bonds is 11. The van der Waals surface area contributed by atoms with Crippen LogP contribution in [0.3, 0.4) is 0 Å². The van der Waals surface area contributed by atoms with Crippen molar-refractivity contribution in [1.82, 2.24) is 9.97 Å². The number of hydrogen-bond acceptors (Lipinski definition) is 4. The highest BCUT2D eigenvalue weighted by atomic mass is 15.2. The summed E-state index contributed by atoms with van der Waals surface area (Å²) in [6, 6.07) is 118. The van der Waals surface area contributed by atoms with Gasteiger partial charge in [-0.3, -0.25) is 0 Å². The van der Waals surface area contributed by atoms with E-state index in [0.29, 0.717) is 5.82 Å². The number of fused-ring (bicyclic) bond motifs is 4. The molecule has 0 saturated carbocycles. The highest BCUT2D eigenvalue weighted by molar-refractivity contribution is 7.00. The molecule has 0 unspecified atom stereocenters. The summed E-state index contributed by atoms with van der Waals surface area (Å²) in [5.41, 5.74) is 30.9. The van der Waals surface area contributed by atoms with Crippen molar-refractivity contribution in [1.29, 1.82) is 0 Å². The molecular weight excluding hydrogens is 1150 g/mol. The van der Waals surface area contributed by atoms with Crippen molar-refractivity contribution in [2.24, 2.45) is 0 Å². The van der Waals surface area contributed by atoms with Gasteiger partial charge >= 0.3 is 0 Å². The van der Waals surface area contributed by atoms with Crippen LogP contribution in [0, 0.1) is 0 Å². The minimum atomic E-state index is -0.130. The van der Waals surface area contributed by atoms with E-state index in [0.717, 1.165) is 118 Å². The standard InChI is InChI=1S/C90H71BN4/c1-89(2,3)75-41-47-83-79(57-75)91-80-58-76(90(4,5)6)42-48-84(80)95(78-45-39-67(40-46-78)61-27-15-8-16-28-61)86-56-73(55-85(87(86)91)94(83)77-43-37-66(38-44-77)60-25-13-7-14-26-60)82-59-81(72-51-68(62-29-17-9-18-30-62)49-69(52-72)63-31-19-10-20-32-63)92-88(93-82)74-53-70(64-33-21-11-22-34-64)50-71(54-74)65-35-23-12-24-36-65/h7-59H,1-6H3. The van der Waals surface area contributed by atoms with E-state index in [2.05, 4.69) is 373 Å². The van der Waals surface area contributed by atoms with Gasteiger partial charge in [0.05, 0.1) is 11.4 Å². The van der Waals surface area contributed by atoms with Crippen molar-refractivity contribution in [3.05, 3.63) is 333 Å². The van der Waals surface area contributed by atoms with Gasteiger partial charge in [0.2, 0.25) is 0 Å². The Morgan fingerprint density at radius 2 is 0.526 bits per heavy atom. The van der Waals surface area contributed by atoms with Crippen molar-refractivity contribution < 1.29 is 0 Å². The number of anilines is 6. The Kier molecular flexibility index (Phi) is 14.8. The molecule has 2 aliphatic rings. The molecule has 13 aromatic carbocycles. The van der Waals surface area contributed by atoms with Gasteiger partial charge in [-0.25, -0.2) is 9.97 Å². The smallest absolute Gasteiger partial charge is 0.252 e. The van der Waals surface area contributed by atoms with Crippen LogP contribution < -0.4 is 26.2 Å². The molecule has 0 N–H and O–H groups in total. The molecule has 454 valence electrons. The molecule has 4 nitrogen and oxygen atoms in total. The average molecular weight is 1220 g/mol. The Hall–Kier alpha value is -11.4. The quantitative estimate of drug-likeness (QED) is 0.121. The molecule has 0 aliphatic carbocycles. The van der Waals surface area contributed by atoms with Gasteiger partial charge in [-0.1, -0.05) is 272 Å². The monoisotopic (exact) mass is 1220 g/mol. The molecule has 14 aromatic rings. The fourth-order valence-corrected chi connectivity index (χ4v) is 14.1. The third-order valence-corrected chi connectivity index (χ3v) is 19.1. The minimum Gasteiger partial charge on any atom is -0.311 e. The molecule has 0 spiro atoms. The first kappa shape index (κ1) is 58.7. The summed E-state index contributed by atoms with van der Waals surface area (Å²) >= 11 is 0. The van der Waals surface area contributed by atoms with Crippen LogP contribution in [-0.4, -0.2) is 16.7 Å². The lowest BCUT2D eigenvalue weighted by Gasteiger charge is -2.45. The summed E-state index contributed by atoms with van der Waals surface area (Å²) in [5, 5.41) is 0. The fraction of sp³-hybridized carbons (Fsp3) is 0.0889. The first-order chi connectivity index (χ1) is 46.3. The van der Waals surface area contributed by atoms with E-state index in [1.54, 1.807) is 0 Å². The van der Waals surface area contributed by atoms with Gasteiger partial charge in [-0.2, -0.15) is 0 Å². The molecule has 0 radical (unpaired) electrons. The topological polar surface area (TPSA) is 32.3 Å². The Morgan fingerprint density at radius 3 is 0.853 bits per heavy atom. The molecule has 0 saturated heterocycles. The summed E-state index contributed by atoms with van der Waals surface area (Å²) in [5.74, 6) is 0.630. The second-order valence-corrected chi connectivity index (χ2v) is 27.4. The van der Waals surface area contributed by atoms with Crippen LogP contribution in [0.15, 0.2) is 322 Å². The van der Waals surface area contributed by atoms with Crippen LogP contribution in [0.2, 0.25) is 0 Å². The van der Waals surface area contributed by atoms with Gasteiger partial charge in [0.25, 0.3) is 6.71 Å². The molecule has 0 amide bonds. The van der Waals surface area contributed by atoms with E-state index < -0.39 is 0 Å². The van der Waals surface area contributed by atoms with Crippen molar-refractivity contribution in [2.75, 3.05) is 9.80 Å². The van der Waals surface area contributed by atoms with Gasteiger partial charge in [0.1, 0.15) is 0 Å². The summed E-state index contributed by atoms with van der Waals surface area (Å²) in [7, 11) is 0. The third kappa shape index (κ3) is 11.2. The zero-order valence-corrected chi connectivity index (χ0v) is 54.5. The van der Waals surface area contributed by atoms with Crippen molar-refractivity contribution in [3.8, 4) is 101 Å². The summed E-state index contributed by atoms with van der Waals surface area (Å²) in [6.45, 7) is 13.9. The molecular formula is C90H71BN4. The van der Waals surface area contributed by atoms with E-state index in [1.165, 1.54) is 38.6 Å². The largest absolute Gasteiger partial charge is 0.311 e. The maximum Gasteiger partial charge on any atom is 0.252 e. The molecule has 5 heteroatoms. The predicted molar refractivity (Wildman–Crippen MR) is 402 cm³/mol. The highest BCUT2D eigenvalue weighted by Gasteiger charge is 2.45. The van der Waals surface area contributed by atoms with Crippen LogP contribution in [0.5, 0.6) is 0 Å². The van der Waals surface area contributed by atoms with Crippen LogP contribution in [0.4, 0.5) is 34.1 Å². The summed E-state index contributed by atoms with van der Waals surface area (Å²) in [4.78, 5) is 16.7. The number of benzene rings is 13. The molecule has 0 atom stereocenters. The van der Waals surface area contributed by atoms with E-state index >= 15 is 0 Å². The van der Waals surface area contributed by atoms with Crippen LogP contribution >= 0.6 is 0 Å². The van der Waals surface area contributed by atoms with Crippen molar-refractivity contribution in [3.63, 3.8) is 0 Å². The zero-order valence-electron chi connectivity index (χ0n) is 54.5. The molecule has 2 aliphatic heterocycles. The first-order valence-electron chi connectivity index (χ1n) is 33.1. The fourth-order valence-electron chi connectivity index (χ4n) is 14.1. The first-order valence-corrected chi connectivity index (χ1v) is 33.1. The van der Waals surface area contributed by atoms with Crippen LogP contribution in [0.1, 0.15) is 52.7 Å². The van der Waals surface area contributed by atoms with E-state index in [-0.39, 0.29) is 17.5 Å². The Balaban J connectivity index is 1.01. The number of aromatic nitrogens is 2. The SMILES string of the molecule is CC(C)(C)c1ccc2c(c1)B1c3cc(C(C)(C)C)ccc3N(c3ccc(-c4ccccc4)cc3)c3cc(-c4cc(-c5cc(-c6ccccc6)cc(-c6ccccc6)c5)nc(-c5cc(-c6ccccc6)cc(-c6ccccc6)c5)n4)cc(c31)N2c1ccc(-c2ccccc2)cc1. The Morgan fingerprint density at radius 1 is 0.242 bits per heavy atom. The normalized spacial score (nSPS) is 12.5. The van der Waals surface area contributed by atoms with E-state index in [4.69, 9.17) is 9.97 Å². The summed E-state index contributed by atoms with van der Waals surface area (Å²) < 4.78 is 0. The number of nitrogens with zero attached hydrogens (tertiary/aromatic N) is 4. The lowest BCUT2D eigenvalue weighted by atomic mass is 9.33. The maximum atomic E-state index is 5.90. The Bertz CT molecular complexity index is 4720. The van der Waals surface area contributed by atoms with E-state index in [1.807, 2.05) is 0 Å². The zero-order chi connectivity index (χ0) is 64.4. The lowest BCUT2D eigenvalue weighted by molar-refractivity contribution is 0.590. The van der Waals surface area contributed by atoms with Gasteiger partial charge in [-0.15, -0.1) is 0 Å². The second-order valence-electron chi connectivity index (χ2n) is 27.4. The molecule has 3 heterocycles. The van der Waals surface area contributed by atoms with Crippen molar-refractivity contribution in [2.45, 2.75) is 52.4 Å². The maximum absolute atomic E-state index is 5.90. The van der Waals surface area contributed by atoms with Crippen molar-refractivity contribution >= 4 is 57.2 Å². The number of hydrogen-bond donors (Lipinski definition) is 0. The third-order valence-electron chi connectivity index (χ3n) is 19.1. The molecule has 1 aromatic heterocycles. The van der Waals surface area contributed by atoms with Crippen LogP contribution in [-0.2, 0) is 10.8 Å². The molecule has 0 bridgehead atoms. The predicted octanol–water partition coefficient (Wildman–Crippen LogP) is 22.2. The summed E-state index contributed by atoms with van der Waals surface area (Å²) in [6.07, 6.45) is 0. The van der Waals surface area contributed by atoms with Crippen LogP contribution in [0.25, 0.3) is 101 Å². The average Bonchev–Trinajstić information content (AvgIpc) is 0.694. The van der Waals surface area contributed by atoms with Gasteiger partial charge in [-0.05, 0) is 196 Å². The van der Waals surface area contributed by atoms with Gasteiger partial charge < -0.3 is 9.80 Å². The molecule has 95 heavy (non-hydrogen) atoms. The lowest BCUT2D eigenvalue weighted by Crippen LogP contribution is -2.61.